The highest BCUT2D eigenvalue weighted by Crippen LogP contribution is 2.73. The lowest BCUT2D eigenvalue weighted by Crippen LogP contribution is -2.80. The molecule has 1 fully saturated rings. The highest BCUT2D eigenvalue weighted by Gasteiger charge is 2.96. The fourth-order valence-electron chi connectivity index (χ4n) is 1.18. The van der Waals surface area contributed by atoms with Crippen molar-refractivity contribution in [1.82, 2.24) is 0 Å². The molecule has 0 amide bonds. The topological polar surface area (TPSA) is 0 Å². The first kappa shape index (κ1) is 17.0. The van der Waals surface area contributed by atoms with Gasteiger partial charge >= 0.3 is 17.8 Å². The maximum Gasteiger partial charge on any atom is 0.379 e. The van der Waals surface area contributed by atoms with Gasteiger partial charge in [-0.3, -0.25) is 0 Å². The fraction of sp³-hybridized carbons (Fsp3) is 1.00. The van der Waals surface area contributed by atoms with Crippen molar-refractivity contribution in [2.45, 2.75) is 31.6 Å². The van der Waals surface area contributed by atoms with Crippen LogP contribution in [0.1, 0.15) is 0 Å². The van der Waals surface area contributed by atoms with Crippen LogP contribution < -0.4 is 0 Å². The highest BCUT2D eigenvalue weighted by molar-refractivity contribution is 6.65. The van der Waals surface area contributed by atoms with E-state index in [9.17, 15) is 30.7 Å². The zero-order chi connectivity index (χ0) is 15.0. The average Bonchev–Trinajstić information content (AvgIpc) is 2.14. The second kappa shape index (κ2) is 3.78. The summed E-state index contributed by atoms with van der Waals surface area (Å²) in [5, 5.41) is -5.03. The van der Waals surface area contributed by atoms with Gasteiger partial charge in [-0.25, -0.2) is 4.39 Å². The number of hydrogen-bond acceptors (Lipinski definition) is 0. The first-order chi connectivity index (χ1) is 7.50. The minimum absolute atomic E-state index is 4.11. The molecule has 0 saturated heterocycles. The summed E-state index contributed by atoms with van der Waals surface area (Å²) in [6.45, 7) is 0. The molecule has 0 aromatic heterocycles. The largest absolute Gasteiger partial charge is 0.379 e. The van der Waals surface area contributed by atoms with E-state index < -0.39 is 31.6 Å². The van der Waals surface area contributed by atoms with Crippen LogP contribution in [-0.2, 0) is 0 Å². The van der Waals surface area contributed by atoms with E-state index >= 15 is 0 Å². The van der Waals surface area contributed by atoms with Gasteiger partial charge in [-0.05, 0) is 0 Å². The van der Waals surface area contributed by atoms with Crippen LogP contribution >= 0.6 is 58.0 Å². The Labute approximate surface area is 120 Å². The predicted molar refractivity (Wildman–Crippen MR) is 53.4 cm³/mol. The fourth-order valence-corrected chi connectivity index (χ4v) is 2.51. The third kappa shape index (κ3) is 1.43. The quantitative estimate of drug-likeness (QED) is 0.401. The predicted octanol–water partition coefficient (Wildman–Crippen LogP) is 5.16. The molecule has 0 spiro atoms. The molecular formula is C6Cl5F7. The maximum atomic E-state index is 13.5. The van der Waals surface area contributed by atoms with Crippen LogP contribution in [0.15, 0.2) is 0 Å². The molecule has 12 heteroatoms. The van der Waals surface area contributed by atoms with Gasteiger partial charge in [0.25, 0.3) is 5.13 Å². The van der Waals surface area contributed by atoms with Gasteiger partial charge in [0.2, 0.25) is 8.67 Å². The van der Waals surface area contributed by atoms with Gasteiger partial charge < -0.3 is 0 Å². The monoisotopic (exact) mass is 380 g/mol. The van der Waals surface area contributed by atoms with Crippen LogP contribution in [0.2, 0.25) is 0 Å². The Morgan fingerprint density at radius 2 is 0.778 bits per heavy atom. The van der Waals surface area contributed by atoms with E-state index in [0.29, 0.717) is 0 Å². The molecule has 0 nitrogen and oxygen atoms in total. The molecule has 0 bridgehead atoms. The first-order valence-electron chi connectivity index (χ1n) is 3.77. The van der Waals surface area contributed by atoms with Gasteiger partial charge in [0, 0.05) is 0 Å². The number of hydrogen-bond donors (Lipinski definition) is 0. The molecule has 0 aromatic rings. The summed E-state index contributed by atoms with van der Waals surface area (Å²) in [6.07, 6.45) is 0. The molecule has 1 aliphatic rings. The SMILES string of the molecule is FC1(F)C(F)(F)C(F)(Cl)C(Cl)(Cl)C(Cl)(Cl)C1(F)F. The van der Waals surface area contributed by atoms with Crippen molar-refractivity contribution < 1.29 is 30.7 Å². The van der Waals surface area contributed by atoms with Gasteiger partial charge in [-0.2, -0.15) is 26.3 Å². The van der Waals surface area contributed by atoms with E-state index in [2.05, 4.69) is 11.6 Å². The van der Waals surface area contributed by atoms with Gasteiger partial charge in [-0.1, -0.05) is 58.0 Å². The lowest BCUT2D eigenvalue weighted by Gasteiger charge is -2.54. The summed E-state index contributed by atoms with van der Waals surface area (Å²) in [5.74, 6) is -18.3. The van der Waals surface area contributed by atoms with Crippen molar-refractivity contribution in [3.05, 3.63) is 0 Å². The molecule has 0 aromatic carbocycles. The molecule has 1 atom stereocenters. The molecular weight excluding hydrogens is 382 g/mol. The van der Waals surface area contributed by atoms with Crippen molar-refractivity contribution in [1.29, 1.82) is 0 Å². The zero-order valence-electron chi connectivity index (χ0n) is 7.54. The molecule has 108 valence electrons. The Bertz CT molecular complexity index is 259. The highest BCUT2D eigenvalue weighted by atomic mass is 35.5. The second-order valence-electron chi connectivity index (χ2n) is 3.45. The maximum absolute atomic E-state index is 13.5. The van der Waals surface area contributed by atoms with Crippen LogP contribution in [0, 0.1) is 0 Å². The molecule has 0 radical (unpaired) electrons. The normalized spacial score (nSPS) is 39.3. The lowest BCUT2D eigenvalue weighted by atomic mass is 9.85. The smallest absolute Gasteiger partial charge is 0.216 e. The Morgan fingerprint density at radius 3 is 1.11 bits per heavy atom. The Morgan fingerprint density at radius 1 is 0.444 bits per heavy atom. The van der Waals surface area contributed by atoms with E-state index in [4.69, 9.17) is 46.4 Å². The summed E-state index contributed by atoms with van der Waals surface area (Å²) < 4.78 is 83.6. The van der Waals surface area contributed by atoms with E-state index in [1.165, 1.54) is 0 Å². The summed E-state index contributed by atoms with van der Waals surface area (Å²) in [7, 11) is 0. The number of alkyl halides is 12. The average molecular weight is 382 g/mol. The van der Waals surface area contributed by atoms with E-state index in [1.807, 2.05) is 0 Å². The summed E-state index contributed by atoms with van der Waals surface area (Å²) >= 11 is 23.7. The van der Waals surface area contributed by atoms with Crippen LogP contribution in [0.3, 0.4) is 0 Å². The summed E-state index contributed by atoms with van der Waals surface area (Å²) in [4.78, 5) is 0. The molecule has 1 aliphatic carbocycles. The number of halogens is 12. The van der Waals surface area contributed by atoms with Gasteiger partial charge in [0.1, 0.15) is 0 Å². The van der Waals surface area contributed by atoms with Crippen molar-refractivity contribution in [2.75, 3.05) is 0 Å². The lowest BCUT2D eigenvalue weighted by molar-refractivity contribution is -0.358. The van der Waals surface area contributed by atoms with Gasteiger partial charge in [0.05, 0.1) is 0 Å². The van der Waals surface area contributed by atoms with Crippen molar-refractivity contribution >= 4 is 58.0 Å². The third-order valence-electron chi connectivity index (χ3n) is 2.37. The first-order valence-corrected chi connectivity index (χ1v) is 5.66. The molecule has 1 rings (SSSR count). The van der Waals surface area contributed by atoms with E-state index in [0.717, 1.165) is 0 Å². The summed E-state index contributed by atoms with van der Waals surface area (Å²) in [6, 6.07) is 0. The van der Waals surface area contributed by atoms with Gasteiger partial charge in [0.15, 0.2) is 0 Å². The second-order valence-corrected chi connectivity index (χ2v) is 6.62. The minimum Gasteiger partial charge on any atom is -0.216 e. The third-order valence-corrected chi connectivity index (χ3v) is 5.60. The van der Waals surface area contributed by atoms with Crippen molar-refractivity contribution in [2.24, 2.45) is 0 Å². The summed E-state index contributed by atoms with van der Waals surface area (Å²) in [5.41, 5.74) is 0. The minimum atomic E-state index is -6.31. The van der Waals surface area contributed by atoms with Crippen LogP contribution in [0.4, 0.5) is 30.7 Å². The van der Waals surface area contributed by atoms with Gasteiger partial charge in [-0.15, -0.1) is 0 Å². The molecule has 0 heterocycles. The Balaban J connectivity index is 3.72. The van der Waals surface area contributed by atoms with Crippen LogP contribution in [0.5, 0.6) is 0 Å². The van der Waals surface area contributed by atoms with Crippen molar-refractivity contribution in [3.8, 4) is 0 Å². The molecule has 0 aliphatic heterocycles. The zero-order valence-corrected chi connectivity index (χ0v) is 11.3. The number of rotatable bonds is 0. The standard InChI is InChI=1S/C6Cl5F7/c7-1(8)2(9,10)4(13,14)6(17,18)5(15,16)3(1,11)12. The molecule has 1 unspecified atom stereocenters. The van der Waals surface area contributed by atoms with Crippen LogP contribution in [0.25, 0.3) is 0 Å². The molecule has 0 N–H and O–H groups in total. The molecule has 1 saturated carbocycles. The Hall–Kier alpha value is 0.960. The Kier molecular flexibility index (Phi) is 3.57. The van der Waals surface area contributed by atoms with E-state index in [1.54, 1.807) is 0 Å². The van der Waals surface area contributed by atoms with Crippen LogP contribution in [-0.4, -0.2) is 31.6 Å². The molecule has 18 heavy (non-hydrogen) atoms. The van der Waals surface area contributed by atoms with Crippen molar-refractivity contribution in [3.63, 3.8) is 0 Å². The van der Waals surface area contributed by atoms with E-state index in [-0.39, 0.29) is 0 Å².